The molecule has 2 saturated heterocycles. The molecule has 9 heteroatoms. The molecule has 9 nitrogen and oxygen atoms in total. The summed E-state index contributed by atoms with van der Waals surface area (Å²) in [6.45, 7) is 8.73. The molecular weight excluding hydrogens is 512 g/mol. The molecule has 0 radical (unpaired) electrons. The minimum atomic E-state index is -0.792. The largest absolute Gasteiger partial charge is 0.507 e. The Kier molecular flexibility index (Phi) is 10.4. The van der Waals surface area contributed by atoms with Crippen molar-refractivity contribution in [3.63, 3.8) is 0 Å². The predicted molar refractivity (Wildman–Crippen MR) is 152 cm³/mol. The van der Waals surface area contributed by atoms with Crippen LogP contribution in [0.2, 0.25) is 0 Å². The molecule has 0 spiro atoms. The average molecular weight is 553 g/mol. The molecular formula is C31H40N2O7. The first-order chi connectivity index (χ1) is 19.5. The maximum Gasteiger partial charge on any atom is 0.295 e. The molecule has 2 aromatic carbocycles. The van der Waals surface area contributed by atoms with Gasteiger partial charge in [0, 0.05) is 31.7 Å². The molecule has 1 N–H and O–H groups in total. The first-order valence-electron chi connectivity index (χ1n) is 14.1. The standard InChI is InChI=1S/C31H40N2O7/c1-4-6-7-17-40-25-12-11-22(21-26(25)37-3)28-27(29(34)23-9-8-10-24(20-23)39-5-2)30(35)31(36)33(28)14-13-32-15-18-38-19-16-32/h8-12,20-21,28,34H,4-7,13-19H2,1-3H3. The second-order valence-corrected chi connectivity index (χ2v) is 9.87. The van der Waals surface area contributed by atoms with Crippen LogP contribution in [0.4, 0.5) is 0 Å². The van der Waals surface area contributed by atoms with Crippen molar-refractivity contribution in [1.82, 2.24) is 9.80 Å². The second-order valence-electron chi connectivity index (χ2n) is 9.87. The van der Waals surface area contributed by atoms with Gasteiger partial charge in [-0.3, -0.25) is 14.5 Å². The van der Waals surface area contributed by atoms with E-state index in [1.165, 1.54) is 0 Å². The number of aliphatic hydroxyl groups excluding tert-OH is 1. The van der Waals surface area contributed by atoms with Crippen LogP contribution in [0.3, 0.4) is 0 Å². The quantitative estimate of drug-likeness (QED) is 0.169. The Morgan fingerprint density at radius 2 is 1.80 bits per heavy atom. The normalized spacial score (nSPS) is 19.2. The lowest BCUT2D eigenvalue weighted by atomic mass is 9.95. The van der Waals surface area contributed by atoms with Gasteiger partial charge in [-0.2, -0.15) is 0 Å². The summed E-state index contributed by atoms with van der Waals surface area (Å²) in [6.07, 6.45) is 3.10. The summed E-state index contributed by atoms with van der Waals surface area (Å²) >= 11 is 0. The number of morpholine rings is 1. The van der Waals surface area contributed by atoms with E-state index in [4.69, 9.17) is 18.9 Å². The number of carbonyl (C=O) groups excluding carboxylic acids is 2. The van der Waals surface area contributed by atoms with Crippen LogP contribution in [0.15, 0.2) is 48.0 Å². The molecule has 2 aliphatic rings. The fourth-order valence-electron chi connectivity index (χ4n) is 5.09. The maximum atomic E-state index is 13.5. The molecule has 0 aromatic heterocycles. The van der Waals surface area contributed by atoms with Crippen molar-refractivity contribution in [2.75, 3.05) is 59.7 Å². The Balaban J connectivity index is 1.72. The van der Waals surface area contributed by atoms with Gasteiger partial charge in [0.15, 0.2) is 11.5 Å². The van der Waals surface area contributed by atoms with Crippen LogP contribution in [0, 0.1) is 0 Å². The number of benzene rings is 2. The van der Waals surface area contributed by atoms with Gasteiger partial charge in [-0.25, -0.2) is 0 Å². The van der Waals surface area contributed by atoms with Gasteiger partial charge in [0.2, 0.25) is 0 Å². The van der Waals surface area contributed by atoms with Gasteiger partial charge in [0.05, 0.1) is 45.2 Å². The second kappa shape index (κ2) is 14.2. The van der Waals surface area contributed by atoms with Gasteiger partial charge in [-0.15, -0.1) is 0 Å². The topological polar surface area (TPSA) is 97.8 Å². The van der Waals surface area contributed by atoms with Crippen LogP contribution in [-0.4, -0.2) is 86.3 Å². The van der Waals surface area contributed by atoms with Crippen LogP contribution < -0.4 is 14.2 Å². The minimum Gasteiger partial charge on any atom is -0.507 e. The number of likely N-dealkylation sites (tertiary alicyclic amines) is 1. The van der Waals surface area contributed by atoms with E-state index >= 15 is 0 Å². The van der Waals surface area contributed by atoms with Crippen molar-refractivity contribution in [1.29, 1.82) is 0 Å². The third-order valence-electron chi connectivity index (χ3n) is 7.23. The molecule has 4 rings (SSSR count). The molecule has 1 amide bonds. The number of Topliss-reactive ketones (excluding diaryl/α,β-unsaturated/α-hetero) is 1. The van der Waals surface area contributed by atoms with Crippen molar-refractivity contribution in [2.24, 2.45) is 0 Å². The molecule has 2 aromatic rings. The summed E-state index contributed by atoms with van der Waals surface area (Å²) in [4.78, 5) is 30.6. The van der Waals surface area contributed by atoms with Crippen molar-refractivity contribution in [3.8, 4) is 17.2 Å². The monoisotopic (exact) mass is 552 g/mol. The SMILES string of the molecule is CCCCCOc1ccc(C2C(=C(O)c3cccc(OCC)c3)C(=O)C(=O)N2CCN2CCOCC2)cc1OC. The minimum absolute atomic E-state index is 0.0410. The number of amides is 1. The summed E-state index contributed by atoms with van der Waals surface area (Å²) in [7, 11) is 1.56. The number of nitrogens with zero attached hydrogens (tertiary/aromatic N) is 2. The first kappa shape index (κ1) is 29.4. The van der Waals surface area contributed by atoms with Crippen LogP contribution >= 0.6 is 0 Å². The molecule has 0 saturated carbocycles. The number of aliphatic hydroxyl groups is 1. The molecule has 2 fully saturated rings. The highest BCUT2D eigenvalue weighted by Gasteiger charge is 2.46. The summed E-state index contributed by atoms with van der Waals surface area (Å²) in [5.41, 5.74) is 1.10. The van der Waals surface area contributed by atoms with E-state index in [0.717, 1.165) is 32.4 Å². The number of ether oxygens (including phenoxy) is 4. The van der Waals surface area contributed by atoms with Crippen LogP contribution in [0.5, 0.6) is 17.2 Å². The predicted octanol–water partition coefficient (Wildman–Crippen LogP) is 4.42. The van der Waals surface area contributed by atoms with Crippen LogP contribution in [0.1, 0.15) is 50.3 Å². The summed E-state index contributed by atoms with van der Waals surface area (Å²) in [5.74, 6) is 0.0708. The number of hydrogen-bond donors (Lipinski definition) is 1. The van der Waals surface area contributed by atoms with Gasteiger partial charge < -0.3 is 29.0 Å². The first-order valence-corrected chi connectivity index (χ1v) is 14.1. The van der Waals surface area contributed by atoms with Gasteiger partial charge >= 0.3 is 0 Å². The Hall–Kier alpha value is -3.56. The summed E-state index contributed by atoms with van der Waals surface area (Å²) in [6, 6.07) is 11.5. The van der Waals surface area contributed by atoms with Crippen molar-refractivity contribution < 1.29 is 33.6 Å². The fourth-order valence-corrected chi connectivity index (χ4v) is 5.09. The Bertz CT molecular complexity index is 1210. The van der Waals surface area contributed by atoms with E-state index in [9.17, 15) is 14.7 Å². The van der Waals surface area contributed by atoms with Gasteiger partial charge in [-0.05, 0) is 43.2 Å². The smallest absolute Gasteiger partial charge is 0.295 e. The summed E-state index contributed by atoms with van der Waals surface area (Å²) in [5, 5.41) is 11.5. The third-order valence-corrected chi connectivity index (χ3v) is 7.23. The molecule has 0 bridgehead atoms. The molecule has 1 unspecified atom stereocenters. The highest BCUT2D eigenvalue weighted by atomic mass is 16.5. The van der Waals surface area contributed by atoms with E-state index in [0.29, 0.717) is 67.9 Å². The Labute approximate surface area is 236 Å². The lowest BCUT2D eigenvalue weighted by Gasteiger charge is -2.31. The van der Waals surface area contributed by atoms with E-state index in [1.807, 2.05) is 13.0 Å². The molecule has 40 heavy (non-hydrogen) atoms. The summed E-state index contributed by atoms with van der Waals surface area (Å²) < 4.78 is 22.6. The number of ketones is 1. The van der Waals surface area contributed by atoms with Gasteiger partial charge in [0.1, 0.15) is 11.5 Å². The zero-order chi connectivity index (χ0) is 28.5. The van der Waals surface area contributed by atoms with Gasteiger partial charge in [-0.1, -0.05) is 38.0 Å². The zero-order valence-corrected chi connectivity index (χ0v) is 23.7. The van der Waals surface area contributed by atoms with Gasteiger partial charge in [0.25, 0.3) is 11.7 Å². The average Bonchev–Trinajstić information content (AvgIpc) is 3.23. The van der Waals surface area contributed by atoms with Crippen molar-refractivity contribution in [3.05, 3.63) is 59.2 Å². The molecule has 2 aliphatic heterocycles. The lowest BCUT2D eigenvalue weighted by Crippen LogP contribution is -2.42. The Morgan fingerprint density at radius 3 is 2.52 bits per heavy atom. The van der Waals surface area contributed by atoms with Crippen molar-refractivity contribution >= 4 is 17.4 Å². The number of methoxy groups -OCH3 is 1. The number of unbranched alkanes of at least 4 members (excludes halogenated alkanes) is 2. The highest BCUT2D eigenvalue weighted by molar-refractivity contribution is 6.46. The van der Waals surface area contributed by atoms with Crippen LogP contribution in [-0.2, 0) is 14.3 Å². The van der Waals surface area contributed by atoms with E-state index in [-0.39, 0.29) is 11.3 Å². The van der Waals surface area contributed by atoms with E-state index in [1.54, 1.807) is 48.4 Å². The lowest BCUT2D eigenvalue weighted by molar-refractivity contribution is -0.140. The van der Waals surface area contributed by atoms with Crippen LogP contribution in [0.25, 0.3) is 5.76 Å². The Morgan fingerprint density at radius 1 is 1.00 bits per heavy atom. The van der Waals surface area contributed by atoms with E-state index < -0.39 is 17.7 Å². The van der Waals surface area contributed by atoms with Crippen molar-refractivity contribution in [2.45, 2.75) is 39.2 Å². The molecule has 1 atom stereocenters. The van der Waals surface area contributed by atoms with E-state index in [2.05, 4.69) is 11.8 Å². The molecule has 216 valence electrons. The number of carbonyl (C=O) groups is 2. The maximum absolute atomic E-state index is 13.5. The fraction of sp³-hybridized carbons (Fsp3) is 0.484. The molecule has 0 aliphatic carbocycles. The zero-order valence-electron chi connectivity index (χ0n) is 23.7. The molecule has 2 heterocycles. The number of rotatable bonds is 13. The number of hydrogen-bond acceptors (Lipinski definition) is 8. The highest BCUT2D eigenvalue weighted by Crippen LogP contribution is 2.42. The third kappa shape index (κ3) is 6.77.